The van der Waals surface area contributed by atoms with Gasteiger partial charge in [0.15, 0.2) is 0 Å². The van der Waals surface area contributed by atoms with Crippen LogP contribution in [-0.2, 0) is 6.42 Å². The fourth-order valence-corrected chi connectivity index (χ4v) is 1.53. The van der Waals surface area contributed by atoms with Gasteiger partial charge >= 0.3 is 0 Å². The lowest BCUT2D eigenvalue weighted by Gasteiger charge is -2.02. The third-order valence-corrected chi connectivity index (χ3v) is 2.32. The van der Waals surface area contributed by atoms with Crippen LogP contribution in [0.4, 0.5) is 0 Å². The molecule has 0 aliphatic rings. The summed E-state index contributed by atoms with van der Waals surface area (Å²) >= 11 is 0. The first-order chi connectivity index (χ1) is 7.24. The molecule has 0 aromatic carbocycles. The van der Waals surface area contributed by atoms with E-state index in [1.165, 1.54) is 11.1 Å². The minimum atomic E-state index is 0.879. The molecule has 2 rings (SSSR count). The van der Waals surface area contributed by atoms with Gasteiger partial charge in [0, 0.05) is 30.2 Å². The number of hydrogen-bond donors (Lipinski definition) is 0. The molecule has 2 aromatic heterocycles. The van der Waals surface area contributed by atoms with Crippen LogP contribution in [0.5, 0.6) is 0 Å². The van der Waals surface area contributed by atoms with E-state index in [0.717, 1.165) is 17.8 Å². The summed E-state index contributed by atoms with van der Waals surface area (Å²) in [7, 11) is 0. The van der Waals surface area contributed by atoms with E-state index in [1.54, 1.807) is 0 Å². The van der Waals surface area contributed by atoms with Gasteiger partial charge < -0.3 is 0 Å². The molecule has 0 spiro atoms. The molecule has 0 N–H and O–H groups in total. The fourth-order valence-electron chi connectivity index (χ4n) is 1.53. The van der Waals surface area contributed by atoms with Crippen molar-refractivity contribution in [2.45, 2.75) is 20.3 Å². The average Bonchev–Trinajstić information content (AvgIpc) is 2.22. The molecule has 0 fully saturated rings. The van der Waals surface area contributed by atoms with E-state index >= 15 is 0 Å². The Labute approximate surface area is 90.0 Å². The standard InChI is InChI=1S/C13H14N2/c1-10-3-4-13(15-9-10)8-12-5-6-14-11(2)7-12/h3-7,9H,8H2,1-2H3. The second-order valence-electron chi connectivity index (χ2n) is 3.81. The van der Waals surface area contributed by atoms with Crippen LogP contribution in [0.15, 0.2) is 36.7 Å². The highest BCUT2D eigenvalue weighted by Crippen LogP contribution is 2.08. The zero-order valence-corrected chi connectivity index (χ0v) is 9.07. The van der Waals surface area contributed by atoms with Crippen molar-refractivity contribution in [2.75, 3.05) is 0 Å². The van der Waals surface area contributed by atoms with Gasteiger partial charge in [-0.15, -0.1) is 0 Å². The van der Waals surface area contributed by atoms with Crippen LogP contribution in [0.2, 0.25) is 0 Å². The third-order valence-electron chi connectivity index (χ3n) is 2.32. The Balaban J connectivity index is 2.18. The largest absolute Gasteiger partial charge is 0.262 e. The van der Waals surface area contributed by atoms with Crippen LogP contribution < -0.4 is 0 Å². The highest BCUT2D eigenvalue weighted by molar-refractivity contribution is 5.23. The maximum atomic E-state index is 4.38. The van der Waals surface area contributed by atoms with Gasteiger partial charge in [-0.1, -0.05) is 6.07 Å². The first kappa shape index (κ1) is 9.84. The first-order valence-electron chi connectivity index (χ1n) is 5.07. The van der Waals surface area contributed by atoms with Crippen LogP contribution >= 0.6 is 0 Å². The molecule has 0 saturated carbocycles. The van der Waals surface area contributed by atoms with Crippen molar-refractivity contribution < 1.29 is 0 Å². The quantitative estimate of drug-likeness (QED) is 0.741. The van der Waals surface area contributed by atoms with Gasteiger partial charge in [-0.05, 0) is 43.2 Å². The van der Waals surface area contributed by atoms with Crippen molar-refractivity contribution in [2.24, 2.45) is 0 Å². The summed E-state index contributed by atoms with van der Waals surface area (Å²) in [5, 5.41) is 0. The molecule has 0 amide bonds. The van der Waals surface area contributed by atoms with Crippen LogP contribution in [0.25, 0.3) is 0 Å². The number of hydrogen-bond acceptors (Lipinski definition) is 2. The zero-order valence-electron chi connectivity index (χ0n) is 9.07. The molecule has 0 atom stereocenters. The molecule has 0 radical (unpaired) electrons. The highest BCUT2D eigenvalue weighted by Gasteiger charge is 1.97. The number of pyridine rings is 2. The Hall–Kier alpha value is -1.70. The second-order valence-corrected chi connectivity index (χ2v) is 3.81. The van der Waals surface area contributed by atoms with Gasteiger partial charge in [-0.25, -0.2) is 0 Å². The Morgan fingerprint density at radius 3 is 2.60 bits per heavy atom. The predicted molar refractivity (Wildman–Crippen MR) is 60.8 cm³/mol. The molecule has 0 bridgehead atoms. The molecule has 15 heavy (non-hydrogen) atoms. The van der Waals surface area contributed by atoms with Gasteiger partial charge in [-0.3, -0.25) is 9.97 Å². The Morgan fingerprint density at radius 2 is 1.93 bits per heavy atom. The van der Waals surface area contributed by atoms with Crippen molar-refractivity contribution in [3.8, 4) is 0 Å². The predicted octanol–water partition coefficient (Wildman–Crippen LogP) is 2.68. The van der Waals surface area contributed by atoms with Crippen LogP contribution in [0, 0.1) is 13.8 Å². The first-order valence-corrected chi connectivity index (χ1v) is 5.07. The maximum Gasteiger partial charge on any atom is 0.0447 e. The van der Waals surface area contributed by atoms with E-state index in [9.17, 15) is 0 Å². The molecule has 2 heteroatoms. The molecule has 76 valence electrons. The van der Waals surface area contributed by atoms with Gasteiger partial charge in [0.25, 0.3) is 0 Å². The molecule has 2 nitrogen and oxygen atoms in total. The maximum absolute atomic E-state index is 4.38. The topological polar surface area (TPSA) is 25.8 Å². The highest BCUT2D eigenvalue weighted by atomic mass is 14.7. The molecular weight excluding hydrogens is 184 g/mol. The van der Waals surface area contributed by atoms with Crippen molar-refractivity contribution in [3.63, 3.8) is 0 Å². The van der Waals surface area contributed by atoms with Crippen LogP contribution in [0.1, 0.15) is 22.5 Å². The summed E-state index contributed by atoms with van der Waals surface area (Å²) in [5.74, 6) is 0. The number of rotatable bonds is 2. The average molecular weight is 198 g/mol. The Bertz CT molecular complexity index is 446. The summed E-state index contributed by atoms with van der Waals surface area (Å²) in [6.07, 6.45) is 4.63. The van der Waals surface area contributed by atoms with Crippen LogP contribution in [0.3, 0.4) is 0 Å². The molecule has 0 saturated heterocycles. The molecular formula is C13H14N2. The Morgan fingerprint density at radius 1 is 1.07 bits per heavy atom. The lowest BCUT2D eigenvalue weighted by atomic mass is 10.1. The van der Waals surface area contributed by atoms with E-state index in [2.05, 4.69) is 28.2 Å². The lowest BCUT2D eigenvalue weighted by Crippen LogP contribution is -1.93. The summed E-state index contributed by atoms with van der Waals surface area (Å²) in [4.78, 5) is 8.56. The summed E-state index contributed by atoms with van der Waals surface area (Å²) in [5.41, 5.74) is 4.62. The van der Waals surface area contributed by atoms with Gasteiger partial charge in [0.1, 0.15) is 0 Å². The van der Waals surface area contributed by atoms with E-state index in [-0.39, 0.29) is 0 Å². The van der Waals surface area contributed by atoms with Gasteiger partial charge in [0.2, 0.25) is 0 Å². The third kappa shape index (κ3) is 2.62. The summed E-state index contributed by atoms with van der Waals surface area (Å²) in [6, 6.07) is 8.30. The van der Waals surface area contributed by atoms with Crippen LogP contribution in [-0.4, -0.2) is 9.97 Å². The number of nitrogens with zero attached hydrogens (tertiary/aromatic N) is 2. The van der Waals surface area contributed by atoms with E-state index in [4.69, 9.17) is 0 Å². The van der Waals surface area contributed by atoms with E-state index in [1.807, 2.05) is 32.3 Å². The number of aryl methyl sites for hydroxylation is 2. The Kier molecular flexibility index (Phi) is 2.77. The molecule has 0 unspecified atom stereocenters. The smallest absolute Gasteiger partial charge is 0.0447 e. The minimum Gasteiger partial charge on any atom is -0.262 e. The molecule has 0 aliphatic carbocycles. The lowest BCUT2D eigenvalue weighted by molar-refractivity contribution is 1.04. The fraction of sp³-hybridized carbons (Fsp3) is 0.231. The zero-order chi connectivity index (χ0) is 10.7. The SMILES string of the molecule is Cc1ccc(Cc2ccnc(C)c2)nc1. The minimum absolute atomic E-state index is 0.879. The summed E-state index contributed by atoms with van der Waals surface area (Å²) < 4.78 is 0. The number of aromatic nitrogens is 2. The summed E-state index contributed by atoms with van der Waals surface area (Å²) in [6.45, 7) is 4.05. The second kappa shape index (κ2) is 4.22. The van der Waals surface area contributed by atoms with Crippen molar-refractivity contribution >= 4 is 0 Å². The van der Waals surface area contributed by atoms with E-state index < -0.39 is 0 Å². The van der Waals surface area contributed by atoms with Gasteiger partial charge in [0.05, 0.1) is 0 Å². The molecule has 2 heterocycles. The molecule has 0 aliphatic heterocycles. The molecule has 2 aromatic rings. The van der Waals surface area contributed by atoms with Crippen molar-refractivity contribution in [3.05, 3.63) is 59.2 Å². The monoisotopic (exact) mass is 198 g/mol. The van der Waals surface area contributed by atoms with E-state index in [0.29, 0.717) is 0 Å². The van der Waals surface area contributed by atoms with Crippen molar-refractivity contribution in [1.29, 1.82) is 0 Å². The normalized spacial score (nSPS) is 10.3. The van der Waals surface area contributed by atoms with Crippen molar-refractivity contribution in [1.82, 2.24) is 9.97 Å². The van der Waals surface area contributed by atoms with Gasteiger partial charge in [-0.2, -0.15) is 0 Å².